The number of amides is 2. The molecule has 0 aromatic heterocycles. The molecule has 6 heteroatoms. The van der Waals surface area contributed by atoms with Crippen molar-refractivity contribution in [3.05, 3.63) is 34.9 Å². The molecule has 120 valence electrons. The Morgan fingerprint density at radius 3 is 2.86 bits per heavy atom. The number of hydrogen-bond acceptors (Lipinski definition) is 3. The molecule has 0 aliphatic carbocycles. The Bertz CT molecular complexity index is 548. The number of hydrogen-bond donors (Lipinski definition) is 2. The van der Waals surface area contributed by atoms with Gasteiger partial charge in [-0.2, -0.15) is 0 Å². The molecule has 0 bridgehead atoms. The molecule has 0 saturated carbocycles. The summed E-state index contributed by atoms with van der Waals surface area (Å²) in [7, 11) is 0. The first-order valence-electron chi connectivity index (χ1n) is 7.49. The van der Waals surface area contributed by atoms with Gasteiger partial charge < -0.3 is 15.3 Å². The average molecular weight is 325 g/mol. The number of aliphatic hydroxyl groups is 1. The first kappa shape index (κ1) is 16.8. The van der Waals surface area contributed by atoms with Crippen molar-refractivity contribution in [2.24, 2.45) is 0 Å². The first-order valence-corrected chi connectivity index (χ1v) is 7.87. The second-order valence-electron chi connectivity index (χ2n) is 5.63. The zero-order valence-electron chi connectivity index (χ0n) is 12.6. The standard InChI is InChI=1S/C16H21ClN2O3/c1-11(20)9-12-5-4-8-19(12)15(21)10-18-16(22)13-6-2-3-7-14(13)17/h2-3,6-7,11-12,20H,4-5,8-10H2,1H3,(H,18,22)/t11-,12-/m0/s1. The van der Waals surface area contributed by atoms with Crippen LogP contribution in [0.25, 0.3) is 0 Å². The highest BCUT2D eigenvalue weighted by molar-refractivity contribution is 6.33. The van der Waals surface area contributed by atoms with E-state index in [4.69, 9.17) is 11.6 Å². The van der Waals surface area contributed by atoms with Crippen LogP contribution in [0.2, 0.25) is 5.02 Å². The summed E-state index contributed by atoms with van der Waals surface area (Å²) in [6.45, 7) is 2.35. The van der Waals surface area contributed by atoms with E-state index < -0.39 is 6.10 Å². The van der Waals surface area contributed by atoms with Gasteiger partial charge in [-0.05, 0) is 38.3 Å². The molecule has 1 aromatic carbocycles. The summed E-state index contributed by atoms with van der Waals surface area (Å²) in [6.07, 6.45) is 1.97. The molecule has 2 amide bonds. The molecule has 1 heterocycles. The van der Waals surface area contributed by atoms with Crippen molar-refractivity contribution in [3.8, 4) is 0 Å². The lowest BCUT2D eigenvalue weighted by atomic mass is 10.1. The van der Waals surface area contributed by atoms with E-state index in [0.29, 0.717) is 23.6 Å². The van der Waals surface area contributed by atoms with Crippen LogP contribution < -0.4 is 5.32 Å². The lowest BCUT2D eigenvalue weighted by molar-refractivity contribution is -0.131. The summed E-state index contributed by atoms with van der Waals surface area (Å²) in [5, 5.41) is 12.5. The van der Waals surface area contributed by atoms with Gasteiger partial charge in [0.25, 0.3) is 5.91 Å². The SMILES string of the molecule is C[C@H](O)C[C@@H]1CCCN1C(=O)CNC(=O)c1ccccc1Cl. The van der Waals surface area contributed by atoms with E-state index in [1.54, 1.807) is 36.1 Å². The van der Waals surface area contributed by atoms with Gasteiger partial charge in [-0.3, -0.25) is 9.59 Å². The Morgan fingerprint density at radius 2 is 2.18 bits per heavy atom. The van der Waals surface area contributed by atoms with E-state index in [1.165, 1.54) is 0 Å². The molecule has 2 N–H and O–H groups in total. The van der Waals surface area contributed by atoms with Crippen LogP contribution in [-0.4, -0.2) is 47.1 Å². The number of benzene rings is 1. The third kappa shape index (κ3) is 4.21. The minimum atomic E-state index is -0.434. The Balaban J connectivity index is 1.90. The first-order chi connectivity index (χ1) is 10.5. The summed E-state index contributed by atoms with van der Waals surface area (Å²) in [5.74, 6) is -0.478. The fourth-order valence-electron chi connectivity index (χ4n) is 2.80. The normalized spacial score (nSPS) is 19.0. The Labute approximate surface area is 135 Å². The predicted molar refractivity (Wildman–Crippen MR) is 84.8 cm³/mol. The summed E-state index contributed by atoms with van der Waals surface area (Å²) < 4.78 is 0. The van der Waals surface area contributed by atoms with Gasteiger partial charge in [0, 0.05) is 12.6 Å². The number of halogens is 1. The van der Waals surface area contributed by atoms with Gasteiger partial charge in [0.15, 0.2) is 0 Å². The van der Waals surface area contributed by atoms with E-state index in [9.17, 15) is 14.7 Å². The lowest BCUT2D eigenvalue weighted by Crippen LogP contribution is -2.43. The van der Waals surface area contributed by atoms with Crippen molar-refractivity contribution in [2.75, 3.05) is 13.1 Å². The molecule has 1 aliphatic rings. The maximum absolute atomic E-state index is 12.3. The number of carbonyl (C=O) groups excluding carboxylic acids is 2. The van der Waals surface area contributed by atoms with Gasteiger partial charge in [-0.25, -0.2) is 0 Å². The molecule has 1 aromatic rings. The van der Waals surface area contributed by atoms with Crippen molar-refractivity contribution in [1.82, 2.24) is 10.2 Å². The molecular weight excluding hydrogens is 304 g/mol. The minimum Gasteiger partial charge on any atom is -0.393 e. The maximum Gasteiger partial charge on any atom is 0.253 e. The fraction of sp³-hybridized carbons (Fsp3) is 0.500. The molecular formula is C16H21ClN2O3. The van der Waals surface area contributed by atoms with E-state index in [2.05, 4.69) is 5.32 Å². The monoisotopic (exact) mass is 324 g/mol. The zero-order chi connectivity index (χ0) is 16.1. The third-order valence-electron chi connectivity index (χ3n) is 3.83. The number of aliphatic hydroxyl groups excluding tert-OH is 1. The molecule has 22 heavy (non-hydrogen) atoms. The molecule has 1 saturated heterocycles. The highest BCUT2D eigenvalue weighted by atomic mass is 35.5. The van der Waals surface area contributed by atoms with Crippen LogP contribution in [0.1, 0.15) is 36.5 Å². The molecule has 0 unspecified atom stereocenters. The predicted octanol–water partition coefficient (Wildman–Crippen LogP) is 1.83. The largest absolute Gasteiger partial charge is 0.393 e. The minimum absolute atomic E-state index is 0.0552. The summed E-state index contributed by atoms with van der Waals surface area (Å²) >= 11 is 5.96. The van der Waals surface area contributed by atoms with Crippen LogP contribution in [-0.2, 0) is 4.79 Å². The van der Waals surface area contributed by atoms with Gasteiger partial charge in [0.2, 0.25) is 5.91 Å². The molecule has 1 aliphatic heterocycles. The van der Waals surface area contributed by atoms with Gasteiger partial charge >= 0.3 is 0 Å². The second kappa shape index (κ2) is 7.61. The topological polar surface area (TPSA) is 69.6 Å². The highest BCUT2D eigenvalue weighted by Crippen LogP contribution is 2.21. The van der Waals surface area contributed by atoms with Crippen LogP contribution in [0.3, 0.4) is 0 Å². The van der Waals surface area contributed by atoms with E-state index >= 15 is 0 Å². The third-order valence-corrected chi connectivity index (χ3v) is 4.16. The number of nitrogens with zero attached hydrogens (tertiary/aromatic N) is 1. The highest BCUT2D eigenvalue weighted by Gasteiger charge is 2.29. The smallest absolute Gasteiger partial charge is 0.253 e. The Hall–Kier alpha value is -1.59. The van der Waals surface area contributed by atoms with Gasteiger partial charge in [-0.15, -0.1) is 0 Å². The quantitative estimate of drug-likeness (QED) is 0.868. The number of nitrogens with one attached hydrogen (secondary N) is 1. The van der Waals surface area contributed by atoms with Crippen LogP contribution in [0, 0.1) is 0 Å². The lowest BCUT2D eigenvalue weighted by Gasteiger charge is -2.25. The Kier molecular flexibility index (Phi) is 5.80. The fourth-order valence-corrected chi connectivity index (χ4v) is 3.02. The van der Waals surface area contributed by atoms with Gasteiger partial charge in [0.1, 0.15) is 0 Å². The molecule has 2 atom stereocenters. The van der Waals surface area contributed by atoms with Gasteiger partial charge in [0.05, 0.1) is 23.2 Å². The number of likely N-dealkylation sites (tertiary alicyclic amines) is 1. The molecule has 5 nitrogen and oxygen atoms in total. The van der Waals surface area contributed by atoms with Crippen molar-refractivity contribution in [2.45, 2.75) is 38.3 Å². The second-order valence-corrected chi connectivity index (χ2v) is 6.04. The molecule has 1 fully saturated rings. The molecule has 0 radical (unpaired) electrons. The van der Waals surface area contributed by atoms with E-state index in [0.717, 1.165) is 12.8 Å². The van der Waals surface area contributed by atoms with Crippen LogP contribution >= 0.6 is 11.6 Å². The van der Waals surface area contributed by atoms with E-state index in [-0.39, 0.29) is 24.4 Å². The van der Waals surface area contributed by atoms with Crippen LogP contribution in [0.4, 0.5) is 0 Å². The van der Waals surface area contributed by atoms with Crippen molar-refractivity contribution < 1.29 is 14.7 Å². The number of rotatable bonds is 5. The van der Waals surface area contributed by atoms with Crippen molar-refractivity contribution in [1.29, 1.82) is 0 Å². The van der Waals surface area contributed by atoms with Crippen LogP contribution in [0.5, 0.6) is 0 Å². The molecule has 2 rings (SSSR count). The average Bonchev–Trinajstić information content (AvgIpc) is 2.92. The zero-order valence-corrected chi connectivity index (χ0v) is 13.3. The van der Waals surface area contributed by atoms with Crippen molar-refractivity contribution >= 4 is 23.4 Å². The Morgan fingerprint density at radius 1 is 1.45 bits per heavy atom. The molecule has 0 spiro atoms. The van der Waals surface area contributed by atoms with Gasteiger partial charge in [-0.1, -0.05) is 23.7 Å². The number of carbonyl (C=O) groups is 2. The van der Waals surface area contributed by atoms with Crippen molar-refractivity contribution in [3.63, 3.8) is 0 Å². The summed E-state index contributed by atoms with van der Waals surface area (Å²) in [4.78, 5) is 26.0. The maximum atomic E-state index is 12.3. The summed E-state index contributed by atoms with van der Waals surface area (Å²) in [5.41, 5.74) is 0.360. The van der Waals surface area contributed by atoms with Crippen LogP contribution in [0.15, 0.2) is 24.3 Å². The summed E-state index contributed by atoms with van der Waals surface area (Å²) in [6, 6.07) is 6.78. The van der Waals surface area contributed by atoms with E-state index in [1.807, 2.05) is 0 Å².